The Labute approximate surface area is 177 Å². The van der Waals surface area contributed by atoms with Crippen LogP contribution >= 0.6 is 0 Å². The van der Waals surface area contributed by atoms with E-state index in [-0.39, 0.29) is 5.43 Å². The van der Waals surface area contributed by atoms with Gasteiger partial charge in [0, 0.05) is 29.3 Å². The van der Waals surface area contributed by atoms with Crippen LogP contribution in [0.15, 0.2) is 45.7 Å². The summed E-state index contributed by atoms with van der Waals surface area (Å²) in [5, 5.41) is 0.984. The minimum atomic E-state index is -0.228. The van der Waals surface area contributed by atoms with Gasteiger partial charge in [-0.25, -0.2) is 0 Å². The first kappa shape index (κ1) is 20.3. The molecule has 8 heteroatoms. The molecular formula is C23H21NO7. The second kappa shape index (κ2) is 8.06. The highest BCUT2D eigenvalue weighted by atomic mass is 16.5. The van der Waals surface area contributed by atoms with Crippen molar-refractivity contribution in [3.63, 3.8) is 0 Å². The molecule has 2 heterocycles. The lowest BCUT2D eigenvalue weighted by Gasteiger charge is -2.14. The fraction of sp³-hybridized carbons (Fsp3) is 0.217. The number of ether oxygens (including phenoxy) is 5. The van der Waals surface area contributed by atoms with Crippen molar-refractivity contribution in [2.45, 2.75) is 0 Å². The maximum absolute atomic E-state index is 12.9. The van der Waals surface area contributed by atoms with Gasteiger partial charge >= 0.3 is 0 Å². The molecule has 0 aliphatic heterocycles. The minimum Gasteiger partial charge on any atom is -0.493 e. The van der Waals surface area contributed by atoms with Gasteiger partial charge in [-0.05, 0) is 18.2 Å². The summed E-state index contributed by atoms with van der Waals surface area (Å²) in [6.07, 6.45) is 1.49. The first-order chi connectivity index (χ1) is 15.0. The molecule has 8 nitrogen and oxygen atoms in total. The Morgan fingerprint density at radius 1 is 0.710 bits per heavy atom. The molecule has 0 aliphatic rings. The molecule has 0 saturated heterocycles. The summed E-state index contributed by atoms with van der Waals surface area (Å²) in [6.45, 7) is 0. The third-order valence-corrected chi connectivity index (χ3v) is 5.01. The average Bonchev–Trinajstić information content (AvgIpc) is 2.81. The van der Waals surface area contributed by atoms with Crippen LogP contribution in [0.4, 0.5) is 0 Å². The molecule has 0 bridgehead atoms. The maximum Gasteiger partial charge on any atom is 0.203 e. The van der Waals surface area contributed by atoms with Crippen LogP contribution < -0.4 is 29.1 Å². The quantitative estimate of drug-likeness (QED) is 0.429. The Hall–Kier alpha value is -3.94. The van der Waals surface area contributed by atoms with E-state index in [9.17, 15) is 4.79 Å². The van der Waals surface area contributed by atoms with E-state index in [2.05, 4.69) is 4.98 Å². The zero-order chi connectivity index (χ0) is 22.1. The van der Waals surface area contributed by atoms with Crippen LogP contribution in [-0.2, 0) is 0 Å². The summed E-state index contributed by atoms with van der Waals surface area (Å²) in [6, 6.07) is 8.33. The third-order valence-electron chi connectivity index (χ3n) is 5.01. The number of methoxy groups -OCH3 is 5. The van der Waals surface area contributed by atoms with E-state index >= 15 is 0 Å². The molecule has 0 fully saturated rings. The Morgan fingerprint density at radius 3 is 1.90 bits per heavy atom. The van der Waals surface area contributed by atoms with Crippen molar-refractivity contribution in [3.8, 4) is 40.1 Å². The molecule has 0 radical (unpaired) electrons. The molecular weight excluding hydrogens is 402 g/mol. The largest absolute Gasteiger partial charge is 0.493 e. The Balaban J connectivity index is 2.02. The summed E-state index contributed by atoms with van der Waals surface area (Å²) in [4.78, 5) is 17.3. The van der Waals surface area contributed by atoms with E-state index in [1.807, 2.05) is 0 Å². The van der Waals surface area contributed by atoms with Crippen molar-refractivity contribution in [1.29, 1.82) is 0 Å². The van der Waals surface area contributed by atoms with Gasteiger partial charge in [0.2, 0.25) is 5.75 Å². The molecule has 31 heavy (non-hydrogen) atoms. The van der Waals surface area contributed by atoms with Crippen molar-refractivity contribution < 1.29 is 28.1 Å². The monoisotopic (exact) mass is 423 g/mol. The summed E-state index contributed by atoms with van der Waals surface area (Å²) in [5.74, 6) is 2.73. The molecule has 2 aromatic carbocycles. The topological polar surface area (TPSA) is 89.3 Å². The van der Waals surface area contributed by atoms with Crippen molar-refractivity contribution in [1.82, 2.24) is 4.98 Å². The molecule has 160 valence electrons. The predicted molar refractivity (Wildman–Crippen MR) is 116 cm³/mol. The molecule has 4 rings (SSSR count). The first-order valence-corrected chi connectivity index (χ1v) is 9.33. The zero-order valence-electron chi connectivity index (χ0n) is 17.8. The number of fused-ring (bicyclic) bond motifs is 3. The molecule has 0 spiro atoms. The number of benzene rings is 2. The van der Waals surface area contributed by atoms with Crippen molar-refractivity contribution in [2.24, 2.45) is 0 Å². The second-order valence-electron chi connectivity index (χ2n) is 6.61. The maximum atomic E-state index is 12.9. The van der Waals surface area contributed by atoms with Crippen LogP contribution in [0, 0.1) is 0 Å². The Bertz CT molecular complexity index is 1320. The van der Waals surface area contributed by atoms with Gasteiger partial charge in [0.15, 0.2) is 28.4 Å². The number of hydrogen-bond acceptors (Lipinski definition) is 8. The lowest BCUT2D eigenvalue weighted by Crippen LogP contribution is -2.02. The molecule has 4 aromatic rings. The van der Waals surface area contributed by atoms with E-state index in [1.165, 1.54) is 33.6 Å². The Morgan fingerprint density at radius 2 is 1.32 bits per heavy atom. The number of pyridine rings is 1. The smallest absolute Gasteiger partial charge is 0.203 e. The standard InChI is InChI=1S/C23H21NO7/c1-26-18-8-13-15(9-19(18)27-2)24-11-14-16(25)10-17(31-22(13)14)12-6-20(28-3)23(30-5)21(7-12)29-4/h6-11H,1-5H3. The fourth-order valence-electron chi connectivity index (χ4n) is 3.48. The zero-order valence-corrected chi connectivity index (χ0v) is 17.8. The van der Waals surface area contributed by atoms with Gasteiger partial charge in [0.25, 0.3) is 0 Å². The summed E-state index contributed by atoms with van der Waals surface area (Å²) in [7, 11) is 7.66. The Kier molecular flexibility index (Phi) is 5.29. The number of aromatic nitrogens is 1. The minimum absolute atomic E-state index is 0.228. The molecule has 0 aliphatic carbocycles. The number of nitrogens with zero attached hydrogens (tertiary/aromatic N) is 1. The van der Waals surface area contributed by atoms with Crippen LogP contribution in [0.5, 0.6) is 28.7 Å². The summed E-state index contributed by atoms with van der Waals surface area (Å²) < 4.78 is 33.2. The van der Waals surface area contributed by atoms with E-state index in [4.69, 9.17) is 28.1 Å². The van der Waals surface area contributed by atoms with Crippen LogP contribution in [-0.4, -0.2) is 40.5 Å². The number of rotatable bonds is 6. The normalized spacial score (nSPS) is 10.9. The highest BCUT2D eigenvalue weighted by Gasteiger charge is 2.18. The van der Waals surface area contributed by atoms with Gasteiger partial charge in [0.1, 0.15) is 11.3 Å². The fourth-order valence-corrected chi connectivity index (χ4v) is 3.48. The highest BCUT2D eigenvalue weighted by Crippen LogP contribution is 2.42. The van der Waals surface area contributed by atoms with Gasteiger partial charge in [-0.2, -0.15) is 0 Å². The molecule has 0 saturated carbocycles. The SMILES string of the molecule is COc1cc2ncc3c(=O)cc(-c4cc(OC)c(OC)c(OC)c4)oc3c2cc1OC. The van der Waals surface area contributed by atoms with Crippen molar-refractivity contribution >= 4 is 21.9 Å². The van der Waals surface area contributed by atoms with Crippen LogP contribution in [0.25, 0.3) is 33.2 Å². The van der Waals surface area contributed by atoms with Gasteiger partial charge < -0.3 is 28.1 Å². The van der Waals surface area contributed by atoms with Crippen molar-refractivity contribution in [2.75, 3.05) is 35.5 Å². The first-order valence-electron chi connectivity index (χ1n) is 9.33. The molecule has 2 aromatic heterocycles. The van der Waals surface area contributed by atoms with Crippen molar-refractivity contribution in [3.05, 3.63) is 46.8 Å². The highest BCUT2D eigenvalue weighted by molar-refractivity contribution is 6.03. The van der Waals surface area contributed by atoms with Crippen LogP contribution in [0.1, 0.15) is 0 Å². The molecule has 0 atom stereocenters. The average molecular weight is 423 g/mol. The third kappa shape index (κ3) is 3.35. The van der Waals surface area contributed by atoms with E-state index < -0.39 is 0 Å². The number of hydrogen-bond donors (Lipinski definition) is 0. The van der Waals surface area contributed by atoms with E-state index in [0.29, 0.717) is 61.9 Å². The van der Waals surface area contributed by atoms with Crippen LogP contribution in [0.2, 0.25) is 0 Å². The van der Waals surface area contributed by atoms with E-state index in [0.717, 1.165) is 0 Å². The second-order valence-corrected chi connectivity index (χ2v) is 6.61. The summed E-state index contributed by atoms with van der Waals surface area (Å²) >= 11 is 0. The van der Waals surface area contributed by atoms with Crippen LogP contribution in [0.3, 0.4) is 0 Å². The lowest BCUT2D eigenvalue weighted by molar-refractivity contribution is 0.324. The predicted octanol–water partition coefficient (Wildman–Crippen LogP) is 4.05. The van der Waals surface area contributed by atoms with E-state index in [1.54, 1.807) is 38.5 Å². The van der Waals surface area contributed by atoms with Gasteiger partial charge in [-0.15, -0.1) is 0 Å². The molecule has 0 unspecified atom stereocenters. The van der Waals surface area contributed by atoms with Gasteiger partial charge in [-0.3, -0.25) is 9.78 Å². The molecule has 0 N–H and O–H groups in total. The van der Waals surface area contributed by atoms with Gasteiger partial charge in [0.05, 0.1) is 46.5 Å². The van der Waals surface area contributed by atoms with Gasteiger partial charge in [-0.1, -0.05) is 0 Å². The molecule has 0 amide bonds. The lowest BCUT2D eigenvalue weighted by atomic mass is 10.1. The summed E-state index contributed by atoms with van der Waals surface area (Å²) in [5.41, 5.74) is 1.37.